The highest BCUT2D eigenvalue weighted by Gasteiger charge is 2.35. The van der Waals surface area contributed by atoms with E-state index < -0.39 is 5.60 Å². The highest BCUT2D eigenvalue weighted by atomic mass is 16.5. The first-order valence-corrected chi connectivity index (χ1v) is 9.19. The van der Waals surface area contributed by atoms with Gasteiger partial charge < -0.3 is 25.0 Å². The van der Waals surface area contributed by atoms with E-state index in [1.807, 2.05) is 4.90 Å². The molecule has 0 aliphatic carbocycles. The molecule has 0 aromatic rings. The van der Waals surface area contributed by atoms with Gasteiger partial charge in [-0.3, -0.25) is 4.79 Å². The zero-order valence-electron chi connectivity index (χ0n) is 14.3. The zero-order valence-corrected chi connectivity index (χ0v) is 14.3. The summed E-state index contributed by atoms with van der Waals surface area (Å²) >= 11 is 0. The number of hydrogen-bond acceptors (Lipinski definition) is 4. The highest BCUT2D eigenvalue weighted by molar-refractivity contribution is 5.81. The Labute approximate surface area is 143 Å². The molecule has 136 valence electrons. The van der Waals surface area contributed by atoms with Crippen molar-refractivity contribution in [2.75, 3.05) is 45.9 Å². The Bertz CT molecular complexity index is 459. The molecule has 1 atom stereocenters. The molecular formula is C17H29N3O4. The first-order chi connectivity index (χ1) is 11.6. The second-order valence-corrected chi connectivity index (χ2v) is 7.28. The Morgan fingerprint density at radius 2 is 1.83 bits per heavy atom. The second kappa shape index (κ2) is 7.70. The topological polar surface area (TPSA) is 82.1 Å². The fourth-order valence-electron chi connectivity index (χ4n) is 3.86. The van der Waals surface area contributed by atoms with Crippen molar-refractivity contribution in [2.24, 2.45) is 5.92 Å². The van der Waals surface area contributed by atoms with E-state index in [2.05, 4.69) is 5.32 Å². The standard InChI is InChI=1S/C17H29N3O4/c21-15(19-8-1-2-9-19)14-3-10-20(13-14)16(22)18-7-4-17(23)5-11-24-12-6-17/h14,23H,1-13H2,(H,18,22). The molecule has 0 aromatic heterocycles. The minimum atomic E-state index is -0.717. The maximum Gasteiger partial charge on any atom is 0.317 e. The van der Waals surface area contributed by atoms with Gasteiger partial charge >= 0.3 is 6.03 Å². The molecule has 0 spiro atoms. The van der Waals surface area contributed by atoms with E-state index in [1.54, 1.807) is 4.90 Å². The molecule has 1 unspecified atom stereocenters. The Balaban J connectivity index is 1.39. The molecule has 3 aliphatic rings. The predicted octanol–water partition coefficient (Wildman–Crippen LogP) is 0.572. The summed E-state index contributed by atoms with van der Waals surface area (Å²) < 4.78 is 5.26. The number of carbonyl (C=O) groups is 2. The molecule has 3 fully saturated rings. The van der Waals surface area contributed by atoms with Crippen molar-refractivity contribution in [3.8, 4) is 0 Å². The smallest absolute Gasteiger partial charge is 0.317 e. The molecule has 3 aliphatic heterocycles. The zero-order chi connectivity index (χ0) is 17.0. The quantitative estimate of drug-likeness (QED) is 0.785. The van der Waals surface area contributed by atoms with Crippen LogP contribution in [0.4, 0.5) is 4.79 Å². The summed E-state index contributed by atoms with van der Waals surface area (Å²) in [5.41, 5.74) is -0.717. The van der Waals surface area contributed by atoms with Gasteiger partial charge in [-0.15, -0.1) is 0 Å². The van der Waals surface area contributed by atoms with Crippen molar-refractivity contribution in [3.63, 3.8) is 0 Å². The van der Waals surface area contributed by atoms with Gasteiger partial charge in [-0.25, -0.2) is 4.79 Å². The van der Waals surface area contributed by atoms with Crippen molar-refractivity contribution in [3.05, 3.63) is 0 Å². The van der Waals surface area contributed by atoms with E-state index >= 15 is 0 Å². The molecule has 2 N–H and O–H groups in total. The van der Waals surface area contributed by atoms with Crippen LogP contribution in [0.5, 0.6) is 0 Å². The summed E-state index contributed by atoms with van der Waals surface area (Å²) in [5, 5.41) is 13.3. The Morgan fingerprint density at radius 3 is 2.54 bits per heavy atom. The Morgan fingerprint density at radius 1 is 1.12 bits per heavy atom. The predicted molar refractivity (Wildman–Crippen MR) is 88.5 cm³/mol. The van der Waals surface area contributed by atoms with Gasteiger partial charge in [0.15, 0.2) is 0 Å². The van der Waals surface area contributed by atoms with Crippen molar-refractivity contribution in [2.45, 2.75) is 44.1 Å². The number of aliphatic hydroxyl groups is 1. The molecule has 7 nitrogen and oxygen atoms in total. The van der Waals surface area contributed by atoms with E-state index in [4.69, 9.17) is 4.74 Å². The minimum Gasteiger partial charge on any atom is -0.390 e. The minimum absolute atomic E-state index is 0.0477. The Kier molecular flexibility index (Phi) is 5.61. The molecule has 3 saturated heterocycles. The lowest BCUT2D eigenvalue weighted by molar-refractivity contribution is -0.133. The van der Waals surface area contributed by atoms with Gasteiger partial charge in [-0.2, -0.15) is 0 Å². The first-order valence-electron chi connectivity index (χ1n) is 9.19. The summed E-state index contributed by atoms with van der Waals surface area (Å²) in [6.07, 6.45) is 4.74. The lowest BCUT2D eigenvalue weighted by Gasteiger charge is -2.32. The van der Waals surface area contributed by atoms with Crippen LogP contribution in [0, 0.1) is 5.92 Å². The van der Waals surface area contributed by atoms with Crippen molar-refractivity contribution in [1.29, 1.82) is 0 Å². The number of carbonyl (C=O) groups excluding carboxylic acids is 2. The number of urea groups is 1. The molecule has 0 aromatic carbocycles. The number of nitrogens with one attached hydrogen (secondary N) is 1. The summed E-state index contributed by atoms with van der Waals surface area (Å²) in [5.74, 6) is 0.160. The summed E-state index contributed by atoms with van der Waals surface area (Å²) in [6.45, 7) is 4.49. The molecule has 0 saturated carbocycles. The van der Waals surface area contributed by atoms with Gasteiger partial charge in [0.25, 0.3) is 0 Å². The highest BCUT2D eigenvalue weighted by Crippen LogP contribution is 2.24. The van der Waals surface area contributed by atoms with Crippen molar-refractivity contribution >= 4 is 11.9 Å². The molecule has 0 radical (unpaired) electrons. The van der Waals surface area contributed by atoms with Gasteiger partial charge in [-0.05, 0) is 38.5 Å². The SMILES string of the molecule is O=C(NCCC1(O)CCOCC1)N1CCC(C(=O)N2CCCC2)C1. The average molecular weight is 339 g/mol. The molecule has 7 heteroatoms. The van der Waals surface area contributed by atoms with Gasteiger partial charge in [0.2, 0.25) is 5.91 Å². The van der Waals surface area contributed by atoms with Gasteiger partial charge in [-0.1, -0.05) is 0 Å². The van der Waals surface area contributed by atoms with Crippen LogP contribution in [-0.4, -0.2) is 78.4 Å². The maximum atomic E-state index is 12.4. The van der Waals surface area contributed by atoms with Crippen LogP contribution in [0.1, 0.15) is 38.5 Å². The van der Waals surface area contributed by atoms with Crippen LogP contribution >= 0.6 is 0 Å². The van der Waals surface area contributed by atoms with Crippen LogP contribution in [0.15, 0.2) is 0 Å². The van der Waals surface area contributed by atoms with Crippen molar-refractivity contribution < 1.29 is 19.4 Å². The van der Waals surface area contributed by atoms with Crippen LogP contribution in [0.3, 0.4) is 0 Å². The second-order valence-electron chi connectivity index (χ2n) is 7.28. The number of ether oxygens (including phenoxy) is 1. The number of likely N-dealkylation sites (tertiary alicyclic amines) is 2. The summed E-state index contributed by atoms with van der Waals surface area (Å²) in [7, 11) is 0. The lowest BCUT2D eigenvalue weighted by Crippen LogP contribution is -2.44. The van der Waals surface area contributed by atoms with Crippen LogP contribution in [0.2, 0.25) is 0 Å². The molecular weight excluding hydrogens is 310 g/mol. The van der Waals surface area contributed by atoms with Gasteiger partial charge in [0.1, 0.15) is 0 Å². The number of nitrogens with zero attached hydrogens (tertiary/aromatic N) is 2. The van der Waals surface area contributed by atoms with E-state index in [0.717, 1.165) is 32.4 Å². The summed E-state index contributed by atoms with van der Waals surface area (Å²) in [4.78, 5) is 28.3. The van der Waals surface area contributed by atoms with Gasteiger partial charge in [0, 0.05) is 45.9 Å². The number of hydrogen-bond donors (Lipinski definition) is 2. The first kappa shape index (κ1) is 17.5. The third-order valence-electron chi connectivity index (χ3n) is 5.53. The maximum absolute atomic E-state index is 12.4. The third kappa shape index (κ3) is 4.19. The third-order valence-corrected chi connectivity index (χ3v) is 5.53. The van der Waals surface area contributed by atoms with E-state index in [-0.39, 0.29) is 17.9 Å². The fraction of sp³-hybridized carbons (Fsp3) is 0.882. The van der Waals surface area contributed by atoms with Crippen LogP contribution in [0.25, 0.3) is 0 Å². The monoisotopic (exact) mass is 339 g/mol. The molecule has 3 heterocycles. The Hall–Kier alpha value is -1.34. The van der Waals surface area contributed by atoms with E-state index in [1.165, 1.54) is 0 Å². The molecule has 3 rings (SSSR count). The largest absolute Gasteiger partial charge is 0.390 e. The fourth-order valence-corrected chi connectivity index (χ4v) is 3.86. The summed E-state index contributed by atoms with van der Waals surface area (Å²) in [6, 6.07) is -0.123. The number of amides is 3. The van der Waals surface area contributed by atoms with Crippen LogP contribution < -0.4 is 5.32 Å². The molecule has 0 bridgehead atoms. The normalized spacial score (nSPS) is 26.6. The average Bonchev–Trinajstić information content (AvgIpc) is 3.26. The lowest BCUT2D eigenvalue weighted by atomic mass is 9.91. The molecule has 24 heavy (non-hydrogen) atoms. The van der Waals surface area contributed by atoms with Gasteiger partial charge in [0.05, 0.1) is 11.5 Å². The van der Waals surface area contributed by atoms with E-state index in [9.17, 15) is 14.7 Å². The van der Waals surface area contributed by atoms with E-state index in [0.29, 0.717) is 52.1 Å². The van der Waals surface area contributed by atoms with Crippen LogP contribution in [-0.2, 0) is 9.53 Å². The van der Waals surface area contributed by atoms with Crippen molar-refractivity contribution in [1.82, 2.24) is 15.1 Å². The number of rotatable bonds is 4. The molecule has 3 amide bonds.